The van der Waals surface area contributed by atoms with E-state index in [4.69, 9.17) is 0 Å². The molecule has 112 valence electrons. The number of hydrogen-bond acceptors (Lipinski definition) is 2. The lowest BCUT2D eigenvalue weighted by molar-refractivity contribution is -0.274. The van der Waals surface area contributed by atoms with Crippen molar-refractivity contribution in [1.82, 2.24) is 0 Å². The molecule has 20 heavy (non-hydrogen) atoms. The van der Waals surface area contributed by atoms with Gasteiger partial charge in [-0.2, -0.15) is 0 Å². The van der Waals surface area contributed by atoms with Crippen LogP contribution in [0, 0.1) is 5.41 Å². The Bertz CT molecular complexity index is 457. The molecule has 1 aromatic carbocycles. The fourth-order valence-corrected chi connectivity index (χ4v) is 2.84. The molecule has 0 spiro atoms. The third kappa shape index (κ3) is 4.32. The van der Waals surface area contributed by atoms with Crippen LogP contribution in [0.25, 0.3) is 0 Å². The van der Waals surface area contributed by atoms with Crippen LogP contribution in [0.2, 0.25) is 0 Å². The maximum Gasteiger partial charge on any atom is 0.573 e. The molecule has 1 aliphatic carbocycles. The van der Waals surface area contributed by atoms with Gasteiger partial charge < -0.3 is 10.1 Å². The molecule has 0 heterocycles. The Hall–Kier alpha value is -1.39. The van der Waals surface area contributed by atoms with E-state index in [9.17, 15) is 13.2 Å². The van der Waals surface area contributed by atoms with E-state index >= 15 is 0 Å². The Morgan fingerprint density at radius 1 is 1.25 bits per heavy atom. The Labute approximate surface area is 117 Å². The second kappa shape index (κ2) is 5.54. The maximum absolute atomic E-state index is 12.4. The van der Waals surface area contributed by atoms with Crippen LogP contribution in [0.15, 0.2) is 24.3 Å². The molecule has 1 unspecified atom stereocenters. The standard InChI is InChI=1S/C15H20F3NO/c1-14(2)9-5-6-11(10-14)19-12-7-3-4-8-13(12)20-15(16,17)18/h3-4,7-8,11,19H,5-6,9-10H2,1-2H3. The summed E-state index contributed by atoms with van der Waals surface area (Å²) in [5.74, 6) is -0.164. The molecule has 1 aliphatic rings. The highest BCUT2D eigenvalue weighted by Crippen LogP contribution is 2.38. The minimum absolute atomic E-state index is 0.164. The van der Waals surface area contributed by atoms with Crippen molar-refractivity contribution in [1.29, 1.82) is 0 Å². The SMILES string of the molecule is CC1(C)CCCC(Nc2ccccc2OC(F)(F)F)C1. The Morgan fingerprint density at radius 2 is 1.95 bits per heavy atom. The van der Waals surface area contributed by atoms with Gasteiger partial charge in [0.05, 0.1) is 5.69 Å². The molecule has 0 aromatic heterocycles. The van der Waals surface area contributed by atoms with Crippen LogP contribution in [0.3, 0.4) is 0 Å². The normalized spacial score (nSPS) is 22.4. The van der Waals surface area contributed by atoms with Gasteiger partial charge in [-0.15, -0.1) is 13.2 Å². The molecule has 0 radical (unpaired) electrons. The lowest BCUT2D eigenvalue weighted by Gasteiger charge is -2.36. The van der Waals surface area contributed by atoms with Crippen molar-refractivity contribution in [3.63, 3.8) is 0 Å². The monoisotopic (exact) mass is 287 g/mol. The Balaban J connectivity index is 2.09. The molecule has 1 fully saturated rings. The van der Waals surface area contributed by atoms with Crippen LogP contribution in [0.5, 0.6) is 5.75 Å². The van der Waals surface area contributed by atoms with Gasteiger partial charge in [0, 0.05) is 6.04 Å². The van der Waals surface area contributed by atoms with Crippen molar-refractivity contribution in [2.45, 2.75) is 51.9 Å². The van der Waals surface area contributed by atoms with Gasteiger partial charge in [-0.05, 0) is 36.8 Å². The first-order chi connectivity index (χ1) is 9.25. The van der Waals surface area contributed by atoms with E-state index in [0.717, 1.165) is 25.7 Å². The molecule has 2 rings (SSSR count). The summed E-state index contributed by atoms with van der Waals surface area (Å²) in [4.78, 5) is 0. The molecule has 1 atom stereocenters. The van der Waals surface area contributed by atoms with Gasteiger partial charge in [0.1, 0.15) is 0 Å². The van der Waals surface area contributed by atoms with Crippen LogP contribution in [-0.2, 0) is 0 Å². The number of hydrogen-bond donors (Lipinski definition) is 1. The highest BCUT2D eigenvalue weighted by Gasteiger charge is 2.33. The van der Waals surface area contributed by atoms with Crippen LogP contribution in [-0.4, -0.2) is 12.4 Å². The number of para-hydroxylation sites is 2. The summed E-state index contributed by atoms with van der Waals surface area (Å²) in [6, 6.07) is 6.40. The topological polar surface area (TPSA) is 21.3 Å². The number of rotatable bonds is 3. The Kier molecular flexibility index (Phi) is 4.16. The highest BCUT2D eigenvalue weighted by atomic mass is 19.4. The average Bonchev–Trinajstić information content (AvgIpc) is 2.28. The van der Waals surface area contributed by atoms with Crippen molar-refractivity contribution >= 4 is 5.69 Å². The number of alkyl halides is 3. The van der Waals surface area contributed by atoms with E-state index in [1.54, 1.807) is 12.1 Å². The van der Waals surface area contributed by atoms with Gasteiger partial charge in [0.15, 0.2) is 5.75 Å². The number of nitrogens with one attached hydrogen (secondary N) is 1. The van der Waals surface area contributed by atoms with E-state index in [-0.39, 0.29) is 17.2 Å². The van der Waals surface area contributed by atoms with Crippen LogP contribution >= 0.6 is 0 Å². The summed E-state index contributed by atoms with van der Waals surface area (Å²) < 4.78 is 41.2. The predicted molar refractivity (Wildman–Crippen MR) is 72.8 cm³/mol. The fourth-order valence-electron chi connectivity index (χ4n) is 2.84. The summed E-state index contributed by atoms with van der Waals surface area (Å²) in [6.07, 6.45) is -0.487. The Morgan fingerprint density at radius 3 is 2.60 bits per heavy atom. The molecule has 1 aromatic rings. The van der Waals surface area contributed by atoms with E-state index in [1.165, 1.54) is 12.1 Å². The van der Waals surface area contributed by atoms with Crippen molar-refractivity contribution in [3.8, 4) is 5.75 Å². The summed E-state index contributed by atoms with van der Waals surface area (Å²) in [6.45, 7) is 4.39. The smallest absolute Gasteiger partial charge is 0.404 e. The molecule has 0 amide bonds. The zero-order valence-electron chi connectivity index (χ0n) is 11.8. The van der Waals surface area contributed by atoms with E-state index < -0.39 is 6.36 Å². The summed E-state index contributed by atoms with van der Waals surface area (Å²) >= 11 is 0. The third-order valence-electron chi connectivity index (χ3n) is 3.68. The van der Waals surface area contributed by atoms with Crippen molar-refractivity contribution < 1.29 is 17.9 Å². The first-order valence-electron chi connectivity index (χ1n) is 6.86. The molecular weight excluding hydrogens is 267 g/mol. The minimum atomic E-state index is -4.66. The number of anilines is 1. The molecule has 0 saturated heterocycles. The average molecular weight is 287 g/mol. The number of ether oxygens (including phenoxy) is 1. The zero-order chi connectivity index (χ0) is 14.8. The maximum atomic E-state index is 12.4. The van der Waals surface area contributed by atoms with Gasteiger partial charge >= 0.3 is 6.36 Å². The molecular formula is C15H20F3NO. The lowest BCUT2D eigenvalue weighted by atomic mass is 9.75. The minimum Gasteiger partial charge on any atom is -0.404 e. The molecule has 2 nitrogen and oxygen atoms in total. The van der Waals surface area contributed by atoms with Gasteiger partial charge in [0.25, 0.3) is 0 Å². The summed E-state index contributed by atoms with van der Waals surface area (Å²) in [5, 5.41) is 3.20. The molecule has 1 N–H and O–H groups in total. The quantitative estimate of drug-likeness (QED) is 0.847. The highest BCUT2D eigenvalue weighted by molar-refractivity contribution is 5.56. The van der Waals surface area contributed by atoms with Gasteiger partial charge in [-0.1, -0.05) is 32.4 Å². The van der Waals surface area contributed by atoms with Gasteiger partial charge in [-0.3, -0.25) is 0 Å². The van der Waals surface area contributed by atoms with Crippen molar-refractivity contribution in [2.24, 2.45) is 5.41 Å². The van der Waals surface area contributed by atoms with Crippen molar-refractivity contribution in [2.75, 3.05) is 5.32 Å². The van der Waals surface area contributed by atoms with Crippen molar-refractivity contribution in [3.05, 3.63) is 24.3 Å². The number of halogens is 3. The van der Waals surface area contributed by atoms with Crippen LogP contribution in [0.1, 0.15) is 39.5 Å². The fraction of sp³-hybridized carbons (Fsp3) is 0.600. The van der Waals surface area contributed by atoms with Gasteiger partial charge in [-0.25, -0.2) is 0 Å². The van der Waals surface area contributed by atoms with Gasteiger partial charge in [0.2, 0.25) is 0 Å². The first kappa shape index (κ1) is 15.0. The second-order valence-electron chi connectivity index (χ2n) is 6.15. The van der Waals surface area contributed by atoms with Crippen LogP contribution in [0.4, 0.5) is 18.9 Å². The first-order valence-corrected chi connectivity index (χ1v) is 6.86. The van der Waals surface area contributed by atoms with E-state index in [1.807, 2.05) is 0 Å². The summed E-state index contributed by atoms with van der Waals surface area (Å²) in [7, 11) is 0. The second-order valence-corrected chi connectivity index (χ2v) is 6.15. The zero-order valence-corrected chi connectivity index (χ0v) is 11.8. The van der Waals surface area contributed by atoms with E-state index in [0.29, 0.717) is 5.69 Å². The lowest BCUT2D eigenvalue weighted by Crippen LogP contribution is -2.32. The molecule has 0 bridgehead atoms. The van der Waals surface area contributed by atoms with E-state index in [2.05, 4.69) is 23.9 Å². The van der Waals surface area contributed by atoms with Crippen LogP contribution < -0.4 is 10.1 Å². The summed E-state index contributed by atoms with van der Waals surface area (Å²) in [5.41, 5.74) is 0.642. The predicted octanol–water partition coefficient (Wildman–Crippen LogP) is 4.97. The number of benzene rings is 1. The molecule has 5 heteroatoms. The molecule has 0 aliphatic heterocycles. The third-order valence-corrected chi connectivity index (χ3v) is 3.68. The molecule has 1 saturated carbocycles. The largest absolute Gasteiger partial charge is 0.573 e.